The van der Waals surface area contributed by atoms with Crippen LogP contribution in [0.25, 0.3) is 0 Å². The summed E-state index contributed by atoms with van der Waals surface area (Å²) in [7, 11) is 0. The number of halogens is 1. The second kappa shape index (κ2) is 11.8. The smallest absolute Gasteiger partial charge is 0.0172 e. The van der Waals surface area contributed by atoms with Crippen molar-refractivity contribution in [2.45, 2.75) is 46.5 Å². The molecule has 0 aliphatic heterocycles. The molecule has 0 bridgehead atoms. The van der Waals surface area contributed by atoms with Gasteiger partial charge in [0.25, 0.3) is 0 Å². The Morgan fingerprint density at radius 2 is 1.46 bits per heavy atom. The highest BCUT2D eigenvalue weighted by Gasteiger charge is 1.95. The lowest BCUT2D eigenvalue weighted by molar-refractivity contribution is 0.359. The third-order valence-electron chi connectivity index (χ3n) is 1.96. The van der Waals surface area contributed by atoms with E-state index in [1.165, 1.54) is 38.8 Å². The van der Waals surface area contributed by atoms with E-state index in [1.54, 1.807) is 0 Å². The van der Waals surface area contributed by atoms with E-state index in [2.05, 4.69) is 37.9 Å². The molecule has 0 amide bonds. The van der Waals surface area contributed by atoms with Gasteiger partial charge in [-0.25, -0.2) is 0 Å². The molecule has 0 saturated heterocycles. The minimum atomic E-state index is 0. The lowest BCUT2D eigenvalue weighted by atomic mass is 10.3. The normalized spacial score (nSPS) is 10.1. The molecule has 0 aromatic heterocycles. The van der Waals surface area contributed by atoms with Crippen molar-refractivity contribution >= 4 is 12.4 Å². The van der Waals surface area contributed by atoms with Crippen LogP contribution in [0.15, 0.2) is 12.3 Å². The molecule has 0 saturated carbocycles. The maximum absolute atomic E-state index is 2.42. The van der Waals surface area contributed by atoms with Crippen LogP contribution in [0.2, 0.25) is 0 Å². The third kappa shape index (κ3) is 9.75. The van der Waals surface area contributed by atoms with Crippen LogP contribution in [0, 0.1) is 0 Å². The molecular weight excluding hydrogens is 182 g/mol. The third-order valence-corrected chi connectivity index (χ3v) is 1.96. The summed E-state index contributed by atoms with van der Waals surface area (Å²) < 4.78 is 0. The van der Waals surface area contributed by atoms with Gasteiger partial charge in [-0.15, -0.1) is 12.4 Å². The number of unbranched alkanes of at least 4 members (excludes halogenated alkanes) is 2. The van der Waals surface area contributed by atoms with E-state index in [0.717, 1.165) is 0 Å². The summed E-state index contributed by atoms with van der Waals surface area (Å²) in [5, 5.41) is 0. The molecule has 0 spiro atoms. The molecule has 0 unspecified atom stereocenters. The predicted octanol–water partition coefficient (Wildman–Crippen LogP) is 3.84. The van der Waals surface area contributed by atoms with Crippen molar-refractivity contribution in [3.63, 3.8) is 0 Å². The Morgan fingerprint density at radius 1 is 1.00 bits per heavy atom. The molecule has 2 heteroatoms. The summed E-state index contributed by atoms with van der Waals surface area (Å²) in [5.74, 6) is 0. The number of hydrogen-bond acceptors (Lipinski definition) is 1. The van der Waals surface area contributed by atoms with Gasteiger partial charge in [-0.3, -0.25) is 0 Å². The second-order valence-electron chi connectivity index (χ2n) is 3.23. The summed E-state index contributed by atoms with van der Waals surface area (Å²) in [6.07, 6.45) is 9.55. The number of hydrogen-bond donors (Lipinski definition) is 0. The SMILES string of the molecule is CC=CN(CCCC)CCCC.Cl. The summed E-state index contributed by atoms with van der Waals surface area (Å²) in [6, 6.07) is 0. The summed E-state index contributed by atoms with van der Waals surface area (Å²) in [6.45, 7) is 9.02. The fraction of sp³-hybridized carbons (Fsp3) is 0.818. The highest BCUT2D eigenvalue weighted by Crippen LogP contribution is 1.99. The zero-order valence-corrected chi connectivity index (χ0v) is 10.1. The lowest BCUT2D eigenvalue weighted by Crippen LogP contribution is -2.19. The molecule has 0 heterocycles. The first kappa shape index (κ1) is 15.3. The van der Waals surface area contributed by atoms with Crippen LogP contribution in [-0.4, -0.2) is 18.0 Å². The maximum atomic E-state index is 2.42. The van der Waals surface area contributed by atoms with Gasteiger partial charge in [-0.2, -0.15) is 0 Å². The molecule has 0 aromatic rings. The standard InChI is InChI=1S/C11H23N.ClH/c1-4-7-10-12(9-6-3)11-8-5-2;/h6,9H,4-5,7-8,10-11H2,1-3H3;1H. The fourth-order valence-corrected chi connectivity index (χ4v) is 1.19. The Labute approximate surface area is 89.6 Å². The first-order valence-electron chi connectivity index (χ1n) is 5.22. The van der Waals surface area contributed by atoms with Gasteiger partial charge in [0.1, 0.15) is 0 Å². The van der Waals surface area contributed by atoms with Crippen molar-refractivity contribution in [1.82, 2.24) is 4.90 Å². The van der Waals surface area contributed by atoms with Crippen molar-refractivity contribution < 1.29 is 0 Å². The van der Waals surface area contributed by atoms with Crippen molar-refractivity contribution in [1.29, 1.82) is 0 Å². The van der Waals surface area contributed by atoms with E-state index in [4.69, 9.17) is 0 Å². The van der Waals surface area contributed by atoms with Crippen LogP contribution in [0.5, 0.6) is 0 Å². The van der Waals surface area contributed by atoms with Crippen LogP contribution in [-0.2, 0) is 0 Å². The number of nitrogens with zero attached hydrogens (tertiary/aromatic N) is 1. The Morgan fingerprint density at radius 3 is 1.77 bits per heavy atom. The molecule has 0 fully saturated rings. The largest absolute Gasteiger partial charge is 0.378 e. The average molecular weight is 206 g/mol. The van der Waals surface area contributed by atoms with E-state index >= 15 is 0 Å². The van der Waals surface area contributed by atoms with Gasteiger partial charge in [-0.05, 0) is 26.0 Å². The molecule has 0 rings (SSSR count). The second-order valence-corrected chi connectivity index (χ2v) is 3.23. The fourth-order valence-electron chi connectivity index (χ4n) is 1.19. The Balaban J connectivity index is 0. The molecule has 0 N–H and O–H groups in total. The van der Waals surface area contributed by atoms with Gasteiger partial charge >= 0.3 is 0 Å². The van der Waals surface area contributed by atoms with E-state index in [-0.39, 0.29) is 12.4 Å². The van der Waals surface area contributed by atoms with Crippen LogP contribution >= 0.6 is 12.4 Å². The van der Waals surface area contributed by atoms with Crippen molar-refractivity contribution in [3.05, 3.63) is 12.3 Å². The Bertz CT molecular complexity index is 105. The monoisotopic (exact) mass is 205 g/mol. The van der Waals surface area contributed by atoms with Gasteiger partial charge < -0.3 is 4.90 Å². The van der Waals surface area contributed by atoms with E-state index in [9.17, 15) is 0 Å². The predicted molar refractivity (Wildman–Crippen MR) is 63.5 cm³/mol. The molecular formula is C11H24ClN. The van der Waals surface area contributed by atoms with Gasteiger partial charge in [0.2, 0.25) is 0 Å². The van der Waals surface area contributed by atoms with Crippen molar-refractivity contribution in [2.75, 3.05) is 13.1 Å². The average Bonchev–Trinajstić information content (AvgIpc) is 2.10. The highest BCUT2D eigenvalue weighted by molar-refractivity contribution is 5.85. The minimum Gasteiger partial charge on any atom is -0.378 e. The van der Waals surface area contributed by atoms with Gasteiger partial charge in [0.05, 0.1) is 0 Å². The lowest BCUT2D eigenvalue weighted by Gasteiger charge is -2.19. The van der Waals surface area contributed by atoms with Crippen molar-refractivity contribution in [2.24, 2.45) is 0 Å². The minimum absolute atomic E-state index is 0. The molecule has 1 nitrogen and oxygen atoms in total. The first-order chi connectivity index (χ1) is 5.85. The van der Waals surface area contributed by atoms with E-state index in [1.807, 2.05) is 0 Å². The molecule has 0 atom stereocenters. The quantitative estimate of drug-likeness (QED) is 0.611. The summed E-state index contributed by atoms with van der Waals surface area (Å²) in [5.41, 5.74) is 0. The first-order valence-corrected chi connectivity index (χ1v) is 5.22. The van der Waals surface area contributed by atoms with Gasteiger partial charge in [0.15, 0.2) is 0 Å². The molecule has 0 aliphatic rings. The van der Waals surface area contributed by atoms with E-state index in [0.29, 0.717) is 0 Å². The molecule has 0 radical (unpaired) electrons. The summed E-state index contributed by atoms with van der Waals surface area (Å²) >= 11 is 0. The van der Waals surface area contributed by atoms with Crippen molar-refractivity contribution in [3.8, 4) is 0 Å². The van der Waals surface area contributed by atoms with Gasteiger partial charge in [-0.1, -0.05) is 32.8 Å². The van der Waals surface area contributed by atoms with Crippen LogP contribution in [0.3, 0.4) is 0 Å². The zero-order chi connectivity index (χ0) is 9.23. The van der Waals surface area contributed by atoms with Crippen LogP contribution in [0.4, 0.5) is 0 Å². The molecule has 13 heavy (non-hydrogen) atoms. The van der Waals surface area contributed by atoms with Crippen LogP contribution in [0.1, 0.15) is 46.5 Å². The summed E-state index contributed by atoms with van der Waals surface area (Å²) in [4.78, 5) is 2.42. The maximum Gasteiger partial charge on any atom is 0.0172 e. The Hall–Kier alpha value is -0.170. The molecule has 80 valence electrons. The highest BCUT2D eigenvalue weighted by atomic mass is 35.5. The molecule has 0 aliphatic carbocycles. The zero-order valence-electron chi connectivity index (χ0n) is 9.25. The van der Waals surface area contributed by atoms with Crippen LogP contribution < -0.4 is 0 Å². The number of allylic oxidation sites excluding steroid dienone is 1. The molecule has 0 aromatic carbocycles. The number of rotatable bonds is 7. The Kier molecular flexibility index (Phi) is 13.9. The van der Waals surface area contributed by atoms with Gasteiger partial charge in [0, 0.05) is 13.1 Å². The van der Waals surface area contributed by atoms with E-state index < -0.39 is 0 Å². The topological polar surface area (TPSA) is 3.24 Å².